The maximum absolute atomic E-state index is 11.9. The Morgan fingerprint density at radius 1 is 1.54 bits per heavy atom. The lowest BCUT2D eigenvalue weighted by molar-refractivity contribution is -0.255. The standard InChI is InChI=1S/C15H12ClN3O4S/c1-2-5-19-13(21)9(12(20)18-15(19)24)7-17-11-6-8(14(22)23)3-4-10(11)16/h2-4,6-7,21H,1,5H2,(H,22,23)(H,18,20,24)/p-1. The highest BCUT2D eigenvalue weighted by Gasteiger charge is 2.10. The summed E-state index contributed by atoms with van der Waals surface area (Å²) in [7, 11) is 0. The summed E-state index contributed by atoms with van der Waals surface area (Å²) in [4.78, 5) is 29.2. The number of nitrogens with zero attached hydrogens (tertiary/aromatic N) is 2. The summed E-state index contributed by atoms with van der Waals surface area (Å²) in [5, 5.41) is 21.2. The van der Waals surface area contributed by atoms with E-state index in [0.29, 0.717) is 0 Å². The molecule has 9 heteroatoms. The number of carbonyl (C=O) groups excluding carboxylic acids is 1. The predicted octanol–water partition coefficient (Wildman–Crippen LogP) is 1.56. The van der Waals surface area contributed by atoms with Crippen LogP contribution in [0.15, 0.2) is 40.6 Å². The van der Waals surface area contributed by atoms with Gasteiger partial charge in [0, 0.05) is 12.8 Å². The van der Waals surface area contributed by atoms with Crippen LogP contribution in [0.1, 0.15) is 15.9 Å². The van der Waals surface area contributed by atoms with E-state index in [9.17, 15) is 19.8 Å². The molecule has 1 aromatic heterocycles. The number of aromatic hydroxyl groups is 1. The van der Waals surface area contributed by atoms with Crippen molar-refractivity contribution in [3.63, 3.8) is 0 Å². The lowest BCUT2D eigenvalue weighted by atomic mass is 10.2. The van der Waals surface area contributed by atoms with Gasteiger partial charge in [-0.25, -0.2) is 0 Å². The zero-order valence-corrected chi connectivity index (χ0v) is 13.7. The van der Waals surface area contributed by atoms with Crippen molar-refractivity contribution < 1.29 is 15.0 Å². The molecular formula is C15H11ClN3O4S-. The first-order valence-corrected chi connectivity index (χ1v) is 7.35. The summed E-state index contributed by atoms with van der Waals surface area (Å²) in [6.45, 7) is 3.72. The smallest absolute Gasteiger partial charge is 0.264 e. The molecule has 0 unspecified atom stereocenters. The molecule has 7 nitrogen and oxygen atoms in total. The second kappa shape index (κ2) is 7.24. The average molecular weight is 365 g/mol. The summed E-state index contributed by atoms with van der Waals surface area (Å²) in [6, 6.07) is 3.80. The van der Waals surface area contributed by atoms with E-state index in [1.54, 1.807) is 0 Å². The number of aromatic carboxylic acids is 1. The van der Waals surface area contributed by atoms with Crippen LogP contribution in [-0.2, 0) is 6.54 Å². The number of hydrogen-bond donors (Lipinski definition) is 2. The molecule has 0 aliphatic rings. The van der Waals surface area contributed by atoms with E-state index >= 15 is 0 Å². The van der Waals surface area contributed by atoms with E-state index in [0.717, 1.165) is 6.21 Å². The van der Waals surface area contributed by atoms with Crippen molar-refractivity contribution in [3.8, 4) is 5.88 Å². The van der Waals surface area contributed by atoms with Crippen molar-refractivity contribution in [2.24, 2.45) is 4.99 Å². The van der Waals surface area contributed by atoms with Crippen LogP contribution in [0, 0.1) is 4.77 Å². The molecule has 24 heavy (non-hydrogen) atoms. The number of rotatable bonds is 5. The van der Waals surface area contributed by atoms with Crippen LogP contribution >= 0.6 is 23.8 Å². The zero-order chi connectivity index (χ0) is 17.9. The SMILES string of the molecule is C=CCn1c(O)c(C=Nc2cc(C(=O)[O-])ccc2Cl)c(=O)[nH]c1=S. The summed E-state index contributed by atoms with van der Waals surface area (Å²) in [6.07, 6.45) is 2.57. The van der Waals surface area contributed by atoms with Crippen molar-refractivity contribution in [1.29, 1.82) is 0 Å². The molecule has 0 aliphatic heterocycles. The largest absolute Gasteiger partial charge is 0.545 e. The van der Waals surface area contributed by atoms with Gasteiger partial charge in [0.15, 0.2) is 4.77 Å². The molecular weight excluding hydrogens is 354 g/mol. The average Bonchev–Trinajstić information content (AvgIpc) is 2.52. The number of halogens is 1. The van der Waals surface area contributed by atoms with Crippen LogP contribution in [0.3, 0.4) is 0 Å². The van der Waals surface area contributed by atoms with Gasteiger partial charge in [-0.3, -0.25) is 19.3 Å². The van der Waals surface area contributed by atoms with E-state index in [4.69, 9.17) is 23.8 Å². The fourth-order valence-electron chi connectivity index (χ4n) is 1.86. The van der Waals surface area contributed by atoms with Crippen LogP contribution < -0.4 is 10.7 Å². The molecule has 2 rings (SSSR count). The van der Waals surface area contributed by atoms with Crippen molar-refractivity contribution in [2.75, 3.05) is 0 Å². The van der Waals surface area contributed by atoms with Crippen LogP contribution in [0.2, 0.25) is 5.02 Å². The highest BCUT2D eigenvalue weighted by atomic mass is 35.5. The number of nitrogens with one attached hydrogen (secondary N) is 1. The number of hydrogen-bond acceptors (Lipinski definition) is 6. The number of aromatic nitrogens is 2. The molecule has 0 saturated heterocycles. The van der Waals surface area contributed by atoms with Gasteiger partial charge in [-0.2, -0.15) is 0 Å². The predicted molar refractivity (Wildman–Crippen MR) is 90.8 cm³/mol. The summed E-state index contributed by atoms with van der Waals surface area (Å²) in [5.74, 6) is -1.78. The normalized spacial score (nSPS) is 10.9. The summed E-state index contributed by atoms with van der Waals surface area (Å²) in [5.41, 5.74) is -0.809. The summed E-state index contributed by atoms with van der Waals surface area (Å²) >= 11 is 10.9. The van der Waals surface area contributed by atoms with Crippen molar-refractivity contribution in [3.05, 3.63) is 62.1 Å². The second-order valence-corrected chi connectivity index (χ2v) is 5.40. The van der Waals surface area contributed by atoms with Crippen molar-refractivity contribution >= 4 is 41.7 Å². The number of carbonyl (C=O) groups is 1. The van der Waals surface area contributed by atoms with E-state index in [1.165, 1.54) is 28.8 Å². The summed E-state index contributed by atoms with van der Waals surface area (Å²) < 4.78 is 1.29. The van der Waals surface area contributed by atoms with Crippen LogP contribution in [0.25, 0.3) is 0 Å². The Morgan fingerprint density at radius 3 is 2.88 bits per heavy atom. The first kappa shape index (κ1) is 17.6. The molecule has 124 valence electrons. The Balaban J connectivity index is 2.54. The Bertz CT molecular complexity index is 962. The Kier molecular flexibility index (Phi) is 5.32. The van der Waals surface area contributed by atoms with E-state index in [-0.39, 0.29) is 39.0 Å². The minimum atomic E-state index is -1.39. The van der Waals surface area contributed by atoms with Crippen molar-refractivity contribution in [1.82, 2.24) is 9.55 Å². The first-order chi connectivity index (χ1) is 11.3. The van der Waals surface area contributed by atoms with Crippen molar-refractivity contribution in [2.45, 2.75) is 6.54 Å². The Hall–Kier alpha value is -2.71. The molecule has 0 fully saturated rings. The highest BCUT2D eigenvalue weighted by Crippen LogP contribution is 2.26. The molecule has 0 aliphatic carbocycles. The van der Waals surface area contributed by atoms with Gasteiger partial charge in [0.1, 0.15) is 5.56 Å². The molecule has 0 atom stereocenters. The number of carboxylic acids is 1. The van der Waals surface area contributed by atoms with Gasteiger partial charge in [-0.05, 0) is 29.9 Å². The van der Waals surface area contributed by atoms with Gasteiger partial charge in [0.2, 0.25) is 5.88 Å². The Morgan fingerprint density at radius 2 is 2.25 bits per heavy atom. The molecule has 1 aromatic carbocycles. The maximum atomic E-state index is 11.9. The number of H-pyrrole nitrogens is 1. The molecule has 1 heterocycles. The molecule has 0 radical (unpaired) electrons. The molecule has 0 amide bonds. The number of carboxylic acid groups (broad SMARTS) is 1. The van der Waals surface area contributed by atoms with Crippen LogP contribution in [0.5, 0.6) is 5.88 Å². The fourth-order valence-corrected chi connectivity index (χ4v) is 2.28. The molecule has 0 spiro atoms. The molecule has 2 N–H and O–H groups in total. The van der Waals surface area contributed by atoms with Gasteiger partial charge < -0.3 is 15.0 Å². The fraction of sp³-hybridized carbons (Fsp3) is 0.0667. The number of aliphatic imine (C=N–C) groups is 1. The maximum Gasteiger partial charge on any atom is 0.264 e. The third-order valence-electron chi connectivity index (χ3n) is 3.03. The van der Waals surface area contributed by atoms with Gasteiger partial charge in [0.05, 0.1) is 16.7 Å². The monoisotopic (exact) mass is 364 g/mol. The van der Waals surface area contributed by atoms with Crippen LogP contribution in [-0.4, -0.2) is 26.8 Å². The van der Waals surface area contributed by atoms with Gasteiger partial charge in [-0.1, -0.05) is 23.7 Å². The molecule has 2 aromatic rings. The third-order valence-corrected chi connectivity index (χ3v) is 3.68. The van der Waals surface area contributed by atoms with Gasteiger partial charge in [0.25, 0.3) is 5.56 Å². The minimum absolute atomic E-state index is 0.0338. The lowest BCUT2D eigenvalue weighted by Gasteiger charge is -2.08. The molecule has 0 saturated carbocycles. The van der Waals surface area contributed by atoms with E-state index < -0.39 is 11.5 Å². The second-order valence-electron chi connectivity index (χ2n) is 4.61. The van der Waals surface area contributed by atoms with Crippen LogP contribution in [0.4, 0.5) is 5.69 Å². The zero-order valence-electron chi connectivity index (χ0n) is 12.2. The lowest BCUT2D eigenvalue weighted by Crippen LogP contribution is -2.21. The van der Waals surface area contributed by atoms with Gasteiger partial charge >= 0.3 is 0 Å². The minimum Gasteiger partial charge on any atom is -0.545 e. The van der Waals surface area contributed by atoms with E-state index in [2.05, 4.69) is 16.6 Å². The topological polar surface area (TPSA) is 111 Å². The Labute approximate surface area is 146 Å². The molecule has 0 bridgehead atoms. The quantitative estimate of drug-likeness (QED) is 0.475. The highest BCUT2D eigenvalue weighted by molar-refractivity contribution is 7.71. The third kappa shape index (κ3) is 3.61. The first-order valence-electron chi connectivity index (χ1n) is 6.57. The number of aromatic amines is 1. The van der Waals surface area contributed by atoms with Gasteiger partial charge in [-0.15, -0.1) is 6.58 Å². The van der Waals surface area contributed by atoms with E-state index in [1.807, 2.05) is 0 Å². The number of allylic oxidation sites excluding steroid dienone is 1. The number of benzene rings is 1.